The van der Waals surface area contributed by atoms with E-state index in [1.54, 1.807) is 12.1 Å². The number of methoxy groups -OCH3 is 1. The van der Waals surface area contributed by atoms with Crippen LogP contribution < -0.4 is 5.32 Å². The summed E-state index contributed by atoms with van der Waals surface area (Å²) < 4.78 is 9.73. The van der Waals surface area contributed by atoms with Crippen LogP contribution in [0, 0.1) is 0 Å². The van der Waals surface area contributed by atoms with Crippen LogP contribution in [0.15, 0.2) is 60.7 Å². The smallest absolute Gasteiger partial charge is 0.329 e. The van der Waals surface area contributed by atoms with E-state index in [4.69, 9.17) is 9.47 Å². The van der Waals surface area contributed by atoms with E-state index >= 15 is 0 Å². The van der Waals surface area contributed by atoms with Crippen molar-refractivity contribution in [3.8, 4) is 0 Å². The Balaban J connectivity index is 1.76. The van der Waals surface area contributed by atoms with Crippen LogP contribution in [0.4, 0.5) is 0 Å². The van der Waals surface area contributed by atoms with Gasteiger partial charge < -0.3 is 14.8 Å². The van der Waals surface area contributed by atoms with Crippen molar-refractivity contribution in [1.29, 1.82) is 0 Å². The van der Waals surface area contributed by atoms with Gasteiger partial charge in [0.05, 0.1) is 13.5 Å². The van der Waals surface area contributed by atoms with Gasteiger partial charge in [-0.2, -0.15) is 11.8 Å². The second-order valence-corrected chi connectivity index (χ2v) is 7.00. The third-order valence-corrected chi connectivity index (χ3v) is 4.88. The molecule has 7 heteroatoms. The highest BCUT2D eigenvalue weighted by Gasteiger charge is 2.22. The van der Waals surface area contributed by atoms with Crippen LogP contribution in [0.5, 0.6) is 0 Å². The molecule has 0 unspecified atom stereocenters. The monoisotopic (exact) mass is 401 g/mol. The molecule has 1 N–H and O–H groups in total. The Kier molecular flexibility index (Phi) is 9.07. The van der Waals surface area contributed by atoms with Gasteiger partial charge in [0.15, 0.2) is 6.61 Å². The summed E-state index contributed by atoms with van der Waals surface area (Å²) in [5.74, 6) is -0.530. The first-order chi connectivity index (χ1) is 13.6. The fraction of sp³-hybridized carbons (Fsp3) is 0.286. The average molecular weight is 401 g/mol. The van der Waals surface area contributed by atoms with Crippen LogP contribution >= 0.6 is 11.8 Å². The predicted octanol–water partition coefficient (Wildman–Crippen LogP) is 2.36. The molecule has 0 spiro atoms. The van der Waals surface area contributed by atoms with Crippen molar-refractivity contribution in [2.24, 2.45) is 0 Å². The molecule has 0 aliphatic carbocycles. The summed E-state index contributed by atoms with van der Waals surface area (Å²) in [5.41, 5.74) is 1.93. The molecule has 2 aromatic carbocycles. The molecule has 0 heterocycles. The lowest BCUT2D eigenvalue weighted by molar-refractivity contribution is -0.149. The second-order valence-electron chi connectivity index (χ2n) is 5.97. The highest BCUT2D eigenvalue weighted by Crippen LogP contribution is 2.13. The average Bonchev–Trinajstić information content (AvgIpc) is 2.72. The van der Waals surface area contributed by atoms with Crippen LogP contribution in [-0.2, 0) is 36.0 Å². The summed E-state index contributed by atoms with van der Waals surface area (Å²) in [5, 5.41) is 2.56. The molecule has 0 fully saturated rings. The normalized spacial score (nSPS) is 11.3. The van der Waals surface area contributed by atoms with E-state index in [2.05, 4.69) is 5.32 Å². The topological polar surface area (TPSA) is 81.7 Å². The van der Waals surface area contributed by atoms with Crippen LogP contribution in [0.25, 0.3) is 0 Å². The molecule has 0 radical (unpaired) electrons. The molecule has 0 aliphatic heterocycles. The second kappa shape index (κ2) is 11.8. The number of hydrogen-bond acceptors (Lipinski definition) is 6. The lowest BCUT2D eigenvalue weighted by Crippen LogP contribution is -2.45. The maximum atomic E-state index is 12.1. The standard InChI is InChI=1S/C21H23NO5S/c1-26-21(25)18(15-28-14-17-10-6-3-7-11-17)22-19(23)13-27-20(24)12-16-8-4-2-5-9-16/h2-11,18H,12-15H2,1H3,(H,22,23)/t18-/m0/s1. The number of amides is 1. The van der Waals surface area contributed by atoms with Gasteiger partial charge in [-0.25, -0.2) is 4.79 Å². The number of nitrogens with one attached hydrogen (secondary N) is 1. The molecule has 1 amide bonds. The zero-order chi connectivity index (χ0) is 20.2. The number of rotatable bonds is 10. The Labute approximate surface area is 168 Å². The highest BCUT2D eigenvalue weighted by atomic mass is 32.2. The molecule has 1 atom stereocenters. The van der Waals surface area contributed by atoms with Crippen LogP contribution in [0.2, 0.25) is 0 Å². The molecule has 2 aromatic rings. The van der Waals surface area contributed by atoms with Gasteiger partial charge in [0, 0.05) is 11.5 Å². The summed E-state index contributed by atoms with van der Waals surface area (Å²) in [7, 11) is 1.27. The molecule has 0 bridgehead atoms. The van der Waals surface area contributed by atoms with Gasteiger partial charge in [0.1, 0.15) is 6.04 Å². The van der Waals surface area contributed by atoms with Gasteiger partial charge in [-0.15, -0.1) is 0 Å². The number of carbonyl (C=O) groups is 3. The molecule has 2 rings (SSSR count). The highest BCUT2D eigenvalue weighted by molar-refractivity contribution is 7.98. The summed E-state index contributed by atoms with van der Waals surface area (Å²) >= 11 is 1.50. The summed E-state index contributed by atoms with van der Waals surface area (Å²) in [4.78, 5) is 35.8. The number of hydrogen-bond donors (Lipinski definition) is 1. The number of esters is 2. The van der Waals surface area contributed by atoms with E-state index in [1.165, 1.54) is 18.9 Å². The molecular weight excluding hydrogens is 378 g/mol. The lowest BCUT2D eigenvalue weighted by atomic mass is 10.2. The maximum Gasteiger partial charge on any atom is 0.329 e. The fourth-order valence-corrected chi connectivity index (χ4v) is 3.38. The van der Waals surface area contributed by atoms with E-state index < -0.39 is 30.5 Å². The number of benzene rings is 2. The van der Waals surface area contributed by atoms with Gasteiger partial charge in [-0.05, 0) is 11.1 Å². The Morgan fingerprint density at radius 1 is 0.964 bits per heavy atom. The number of carbonyl (C=O) groups excluding carboxylic acids is 3. The number of thioether (sulfide) groups is 1. The molecule has 0 aromatic heterocycles. The van der Waals surface area contributed by atoms with Gasteiger partial charge in [0.2, 0.25) is 0 Å². The molecule has 0 saturated heterocycles. The third-order valence-electron chi connectivity index (χ3n) is 3.77. The van der Waals surface area contributed by atoms with Crippen molar-refractivity contribution < 1.29 is 23.9 Å². The summed E-state index contributed by atoms with van der Waals surface area (Å²) in [6.45, 7) is -0.442. The predicted molar refractivity (Wildman–Crippen MR) is 108 cm³/mol. The summed E-state index contributed by atoms with van der Waals surface area (Å²) in [6.07, 6.45) is 0.0848. The maximum absolute atomic E-state index is 12.1. The van der Waals surface area contributed by atoms with Crippen molar-refractivity contribution in [2.75, 3.05) is 19.5 Å². The van der Waals surface area contributed by atoms with E-state index in [0.717, 1.165) is 11.1 Å². The van der Waals surface area contributed by atoms with Gasteiger partial charge in [-0.3, -0.25) is 9.59 Å². The van der Waals surface area contributed by atoms with Gasteiger partial charge in [0.25, 0.3) is 5.91 Å². The molecular formula is C21H23NO5S. The summed E-state index contributed by atoms with van der Waals surface area (Å²) in [6, 6.07) is 18.1. The van der Waals surface area contributed by atoms with Crippen LogP contribution in [0.3, 0.4) is 0 Å². The van der Waals surface area contributed by atoms with Crippen LogP contribution in [0.1, 0.15) is 11.1 Å². The van der Waals surface area contributed by atoms with Gasteiger partial charge in [-0.1, -0.05) is 60.7 Å². The van der Waals surface area contributed by atoms with E-state index in [-0.39, 0.29) is 6.42 Å². The SMILES string of the molecule is COC(=O)[C@H](CSCc1ccccc1)NC(=O)COC(=O)Cc1ccccc1. The largest absolute Gasteiger partial charge is 0.467 e. The molecule has 28 heavy (non-hydrogen) atoms. The minimum absolute atomic E-state index is 0.0848. The van der Waals surface area contributed by atoms with E-state index in [0.29, 0.717) is 11.5 Å². The number of ether oxygens (including phenoxy) is 2. The van der Waals surface area contributed by atoms with Crippen molar-refractivity contribution >= 4 is 29.6 Å². The first-order valence-corrected chi connectivity index (χ1v) is 9.92. The Morgan fingerprint density at radius 3 is 2.18 bits per heavy atom. The van der Waals surface area contributed by atoms with Crippen molar-refractivity contribution in [2.45, 2.75) is 18.2 Å². The Hall–Kier alpha value is -2.80. The minimum atomic E-state index is -0.806. The Morgan fingerprint density at radius 2 is 1.57 bits per heavy atom. The quantitative estimate of drug-likeness (QED) is 0.616. The minimum Gasteiger partial charge on any atom is -0.467 e. The van der Waals surface area contributed by atoms with E-state index in [1.807, 2.05) is 48.5 Å². The third kappa shape index (κ3) is 7.84. The zero-order valence-electron chi connectivity index (χ0n) is 15.6. The molecule has 6 nitrogen and oxygen atoms in total. The van der Waals surface area contributed by atoms with Crippen LogP contribution in [-0.4, -0.2) is 43.4 Å². The molecule has 148 valence electrons. The first-order valence-electron chi connectivity index (χ1n) is 8.77. The molecule has 0 saturated carbocycles. The van der Waals surface area contributed by atoms with E-state index in [9.17, 15) is 14.4 Å². The van der Waals surface area contributed by atoms with Crippen molar-refractivity contribution in [3.05, 3.63) is 71.8 Å². The molecule has 0 aliphatic rings. The first kappa shape index (κ1) is 21.5. The van der Waals surface area contributed by atoms with Crippen molar-refractivity contribution in [3.63, 3.8) is 0 Å². The fourth-order valence-electron chi connectivity index (χ4n) is 2.38. The van der Waals surface area contributed by atoms with Crippen molar-refractivity contribution in [1.82, 2.24) is 5.32 Å². The zero-order valence-corrected chi connectivity index (χ0v) is 16.4. The van der Waals surface area contributed by atoms with Gasteiger partial charge >= 0.3 is 11.9 Å². The lowest BCUT2D eigenvalue weighted by Gasteiger charge is -2.16. The Bertz CT molecular complexity index is 767.